The van der Waals surface area contributed by atoms with Gasteiger partial charge in [0.25, 0.3) is 5.91 Å². The Morgan fingerprint density at radius 3 is 2.56 bits per heavy atom. The molecule has 10 heteroatoms. The van der Waals surface area contributed by atoms with Gasteiger partial charge in [0.1, 0.15) is 17.0 Å². The first-order chi connectivity index (χ1) is 20.6. The largest absolute Gasteiger partial charge is 0.338 e. The van der Waals surface area contributed by atoms with E-state index in [0.29, 0.717) is 41.7 Å². The molecule has 8 nitrogen and oxygen atoms in total. The van der Waals surface area contributed by atoms with Gasteiger partial charge in [0.05, 0.1) is 23.0 Å². The van der Waals surface area contributed by atoms with Crippen LogP contribution in [0, 0.1) is 19.7 Å². The smallest absolute Gasteiger partial charge is 0.255 e. The Balaban J connectivity index is 1.44. The minimum atomic E-state index is -0.789. The average molecular weight is 592 g/mol. The predicted molar refractivity (Wildman–Crippen MR) is 171 cm³/mol. The van der Waals surface area contributed by atoms with Gasteiger partial charge in [-0.3, -0.25) is 9.79 Å². The van der Waals surface area contributed by atoms with Crippen LogP contribution in [-0.2, 0) is 0 Å². The number of pyridine rings is 1. The third kappa shape index (κ3) is 7.60. The Morgan fingerprint density at radius 1 is 1.16 bits per heavy atom. The molecule has 1 aliphatic heterocycles. The van der Waals surface area contributed by atoms with Crippen molar-refractivity contribution in [3.05, 3.63) is 58.6 Å². The number of aryl methyl sites for hydroxylation is 2. The van der Waals surface area contributed by atoms with E-state index in [0.717, 1.165) is 25.6 Å². The molecule has 2 aromatic heterocycles. The van der Waals surface area contributed by atoms with Crippen LogP contribution in [0.3, 0.4) is 0 Å². The first-order valence-corrected chi connectivity index (χ1v) is 15.2. The van der Waals surface area contributed by atoms with Crippen molar-refractivity contribution in [2.24, 2.45) is 9.98 Å². The molecule has 0 bridgehead atoms. The van der Waals surface area contributed by atoms with Gasteiger partial charge in [-0.1, -0.05) is 26.2 Å². The maximum absolute atomic E-state index is 15.3. The number of hydrogen-bond acceptors (Lipinski definition) is 6. The lowest BCUT2D eigenvalue weighted by molar-refractivity contribution is 0.0704. The summed E-state index contributed by atoms with van der Waals surface area (Å²) in [6.45, 7) is 15.6. The number of imidazole rings is 1. The van der Waals surface area contributed by atoms with Crippen LogP contribution < -0.4 is 5.32 Å². The van der Waals surface area contributed by atoms with E-state index in [-0.39, 0.29) is 34.5 Å². The molecule has 230 valence electrons. The van der Waals surface area contributed by atoms with E-state index in [1.807, 2.05) is 23.3 Å². The molecular formula is C33H43F2N7O. The van der Waals surface area contributed by atoms with Gasteiger partial charge in [-0.2, -0.15) is 0 Å². The van der Waals surface area contributed by atoms with Gasteiger partial charge < -0.3 is 14.8 Å². The Kier molecular flexibility index (Phi) is 10.9. The van der Waals surface area contributed by atoms with Crippen LogP contribution in [-0.4, -0.2) is 64.0 Å². The zero-order chi connectivity index (χ0) is 31.1. The molecule has 1 fully saturated rings. The van der Waals surface area contributed by atoms with Crippen molar-refractivity contribution in [3.63, 3.8) is 0 Å². The number of rotatable bonds is 12. The summed E-state index contributed by atoms with van der Waals surface area (Å²) in [6, 6.07) is 6.61. The maximum Gasteiger partial charge on any atom is 0.255 e. The number of hydrogen-bond donors (Lipinski definition) is 1. The second-order valence-electron chi connectivity index (χ2n) is 11.4. The Labute approximate surface area is 253 Å². The molecule has 1 N–H and O–H groups in total. The van der Waals surface area contributed by atoms with Crippen LogP contribution in [0.25, 0.3) is 16.7 Å². The summed E-state index contributed by atoms with van der Waals surface area (Å²) in [5, 5.41) is 3.63. The fraction of sp³-hybridized carbons (Fsp3) is 0.485. The molecule has 3 heterocycles. The van der Waals surface area contributed by atoms with E-state index in [4.69, 9.17) is 0 Å². The van der Waals surface area contributed by atoms with Gasteiger partial charge in [-0.25, -0.2) is 23.7 Å². The molecule has 0 atom stereocenters. The van der Waals surface area contributed by atoms with Crippen LogP contribution in [0.15, 0.2) is 40.1 Å². The number of nitrogens with one attached hydrogen (secondary N) is 1. The van der Waals surface area contributed by atoms with Gasteiger partial charge in [0.2, 0.25) is 0 Å². The van der Waals surface area contributed by atoms with Crippen molar-refractivity contribution in [2.75, 3.05) is 19.6 Å². The van der Waals surface area contributed by atoms with Crippen molar-refractivity contribution in [1.82, 2.24) is 24.8 Å². The molecule has 1 saturated heterocycles. The van der Waals surface area contributed by atoms with Crippen LogP contribution in [0.5, 0.6) is 0 Å². The normalized spacial score (nSPS) is 15.1. The number of benzene rings is 1. The number of nitrogens with zero attached hydrogens (tertiary/aromatic N) is 6. The summed E-state index contributed by atoms with van der Waals surface area (Å²) in [4.78, 5) is 31.8. The highest BCUT2D eigenvalue weighted by Crippen LogP contribution is 2.29. The van der Waals surface area contributed by atoms with Crippen molar-refractivity contribution in [1.29, 1.82) is 0 Å². The monoisotopic (exact) mass is 591 g/mol. The van der Waals surface area contributed by atoms with Crippen LogP contribution in [0.4, 0.5) is 14.6 Å². The van der Waals surface area contributed by atoms with Crippen LogP contribution >= 0.6 is 0 Å². The molecule has 43 heavy (non-hydrogen) atoms. The lowest BCUT2D eigenvalue weighted by Crippen LogP contribution is -2.45. The highest BCUT2D eigenvalue weighted by atomic mass is 19.1. The number of halogens is 2. The van der Waals surface area contributed by atoms with Gasteiger partial charge >= 0.3 is 0 Å². The SMILES string of the molecule is C=N/C(=C(/F)C=Nc1ccc(C(=O)N2CCC(NCCCCCC)CC2)c(C)n1)c1cc(F)c2nc(C)n(C(C)C)c2c1. The van der Waals surface area contributed by atoms with Crippen LogP contribution in [0.2, 0.25) is 0 Å². The third-order valence-corrected chi connectivity index (χ3v) is 7.96. The molecule has 3 aromatic rings. The fourth-order valence-corrected chi connectivity index (χ4v) is 5.71. The lowest BCUT2D eigenvalue weighted by Gasteiger charge is -2.32. The lowest BCUT2D eigenvalue weighted by atomic mass is 10.0. The fourth-order valence-electron chi connectivity index (χ4n) is 5.71. The number of aliphatic imine (C=N–C) groups is 2. The minimum Gasteiger partial charge on any atom is -0.338 e. The molecule has 0 spiro atoms. The molecule has 0 radical (unpaired) electrons. The van der Waals surface area contributed by atoms with Crippen molar-refractivity contribution >= 4 is 41.4 Å². The Hall–Kier alpha value is -3.79. The van der Waals surface area contributed by atoms with E-state index in [1.165, 1.54) is 31.7 Å². The number of aromatic nitrogens is 3. The number of unbranched alkanes of at least 4 members (excludes halogenated alkanes) is 3. The first kappa shape index (κ1) is 32.1. The number of fused-ring (bicyclic) bond motifs is 1. The molecular weight excluding hydrogens is 548 g/mol. The zero-order valence-electron chi connectivity index (χ0n) is 26.0. The van der Waals surface area contributed by atoms with Crippen molar-refractivity contribution < 1.29 is 13.6 Å². The minimum absolute atomic E-state index is 0.0355. The molecule has 0 aliphatic carbocycles. The standard InChI is InChI=1S/C33H43F2N7O/c1-7-8-9-10-15-37-25-13-16-41(17-14-25)33(43)26-11-12-30(39-22(26)4)38-20-28(35)31(36-6)24-18-27(34)32-29(19-24)42(21(2)3)23(5)40-32/h11-12,18-21,25,37H,6-10,13-17H2,1-5H3/b31-28+,38-20?. The highest BCUT2D eigenvalue weighted by molar-refractivity contribution is 5.96. The second kappa shape index (κ2) is 14.6. The number of carbonyl (C=O) groups is 1. The maximum atomic E-state index is 15.3. The highest BCUT2D eigenvalue weighted by Gasteiger charge is 2.25. The summed E-state index contributed by atoms with van der Waals surface area (Å²) >= 11 is 0. The molecule has 1 aromatic carbocycles. The summed E-state index contributed by atoms with van der Waals surface area (Å²) in [6.07, 6.45) is 7.79. The van der Waals surface area contributed by atoms with E-state index in [1.54, 1.807) is 32.0 Å². The predicted octanol–water partition coefficient (Wildman–Crippen LogP) is 7.28. The number of allylic oxidation sites excluding steroid dienone is 1. The van der Waals surface area contributed by atoms with Gasteiger partial charge in [0, 0.05) is 30.7 Å². The Morgan fingerprint density at radius 2 is 1.91 bits per heavy atom. The van der Waals surface area contributed by atoms with Crippen LogP contribution in [0.1, 0.15) is 92.8 Å². The van der Waals surface area contributed by atoms with Crippen molar-refractivity contribution in [3.8, 4) is 0 Å². The van der Waals surface area contributed by atoms with E-state index in [9.17, 15) is 9.18 Å². The average Bonchev–Trinajstić information content (AvgIpc) is 3.33. The number of likely N-dealkylation sites (tertiary alicyclic amines) is 1. The van der Waals surface area contributed by atoms with Gasteiger partial charge in [-0.05, 0) is 84.5 Å². The summed E-state index contributed by atoms with van der Waals surface area (Å²) in [5.74, 6) is -0.504. The second-order valence-corrected chi connectivity index (χ2v) is 11.4. The molecule has 1 amide bonds. The number of amides is 1. The third-order valence-electron chi connectivity index (χ3n) is 7.96. The summed E-state index contributed by atoms with van der Waals surface area (Å²) < 4.78 is 32.1. The number of carbonyl (C=O) groups excluding carboxylic acids is 1. The van der Waals surface area contributed by atoms with Gasteiger partial charge in [-0.15, -0.1) is 0 Å². The molecule has 0 unspecified atom stereocenters. The molecule has 4 rings (SSSR count). The van der Waals surface area contributed by atoms with E-state index in [2.05, 4.69) is 38.9 Å². The Bertz CT molecular complexity index is 1520. The summed E-state index contributed by atoms with van der Waals surface area (Å²) in [7, 11) is 0. The first-order valence-electron chi connectivity index (χ1n) is 15.2. The van der Waals surface area contributed by atoms with E-state index < -0.39 is 11.6 Å². The molecule has 1 aliphatic rings. The summed E-state index contributed by atoms with van der Waals surface area (Å²) in [5.41, 5.74) is 1.89. The number of piperidine rings is 1. The quantitative estimate of drug-likeness (QED) is 0.177. The molecule has 0 saturated carbocycles. The zero-order valence-corrected chi connectivity index (χ0v) is 26.0. The van der Waals surface area contributed by atoms with Gasteiger partial charge in [0.15, 0.2) is 17.5 Å². The van der Waals surface area contributed by atoms with E-state index >= 15 is 4.39 Å². The van der Waals surface area contributed by atoms with Crippen molar-refractivity contribution in [2.45, 2.75) is 85.2 Å². The topological polar surface area (TPSA) is 87.8 Å².